The maximum atomic E-state index is 12.0. The Balaban J connectivity index is 2.09. The molecule has 2 aliphatic carbocycles. The fourth-order valence-electron chi connectivity index (χ4n) is 3.89. The van der Waals surface area contributed by atoms with Gasteiger partial charge in [0, 0.05) is 18.9 Å². The van der Waals surface area contributed by atoms with Gasteiger partial charge >= 0.3 is 11.9 Å². The summed E-state index contributed by atoms with van der Waals surface area (Å²) in [6, 6.07) is 0. The average molecular weight is 304 g/mol. The Hall–Kier alpha value is -1.88. The molecule has 1 saturated heterocycles. The first kappa shape index (κ1) is 15.0. The van der Waals surface area contributed by atoms with Crippen LogP contribution in [0.1, 0.15) is 27.2 Å². The molecule has 5 nitrogen and oxygen atoms in total. The van der Waals surface area contributed by atoms with Gasteiger partial charge in [0.25, 0.3) is 0 Å². The lowest BCUT2D eigenvalue weighted by Crippen LogP contribution is -2.43. The topological polar surface area (TPSA) is 72.8 Å². The van der Waals surface area contributed by atoms with Crippen LogP contribution in [0.3, 0.4) is 0 Å². The van der Waals surface area contributed by atoms with E-state index in [1.807, 2.05) is 13.0 Å². The second kappa shape index (κ2) is 4.81. The summed E-state index contributed by atoms with van der Waals surface area (Å²) in [5.41, 5.74) is 1.20. The van der Waals surface area contributed by atoms with Crippen molar-refractivity contribution < 1.29 is 24.2 Å². The Bertz CT molecular complexity index is 625. The maximum Gasteiger partial charge on any atom is 0.334 e. The van der Waals surface area contributed by atoms with Crippen LogP contribution in [0.2, 0.25) is 0 Å². The van der Waals surface area contributed by atoms with E-state index in [1.165, 1.54) is 6.92 Å². The van der Waals surface area contributed by atoms with Crippen molar-refractivity contribution >= 4 is 11.9 Å². The third-order valence-corrected chi connectivity index (χ3v) is 4.87. The van der Waals surface area contributed by atoms with Crippen LogP contribution in [0.5, 0.6) is 0 Å². The van der Waals surface area contributed by atoms with E-state index in [4.69, 9.17) is 9.47 Å². The van der Waals surface area contributed by atoms with Crippen LogP contribution in [-0.4, -0.2) is 34.9 Å². The molecule has 3 aliphatic rings. The van der Waals surface area contributed by atoms with Gasteiger partial charge < -0.3 is 14.6 Å². The minimum Gasteiger partial charge on any atom is -0.461 e. The van der Waals surface area contributed by atoms with E-state index in [1.54, 1.807) is 13.0 Å². The Morgan fingerprint density at radius 2 is 2.23 bits per heavy atom. The highest BCUT2D eigenvalue weighted by atomic mass is 16.6. The zero-order chi connectivity index (χ0) is 16.2. The predicted molar refractivity (Wildman–Crippen MR) is 78.6 cm³/mol. The van der Waals surface area contributed by atoms with E-state index >= 15 is 0 Å². The summed E-state index contributed by atoms with van der Waals surface area (Å²) in [5.74, 6) is -1.67. The lowest BCUT2D eigenvalue weighted by molar-refractivity contribution is -0.151. The average Bonchev–Trinajstić information content (AvgIpc) is 2.81. The van der Waals surface area contributed by atoms with Gasteiger partial charge in [-0.1, -0.05) is 24.3 Å². The van der Waals surface area contributed by atoms with Gasteiger partial charge in [-0.2, -0.15) is 0 Å². The number of hydrogen-bond donors (Lipinski definition) is 1. The predicted octanol–water partition coefficient (Wildman–Crippen LogP) is 1.67. The summed E-state index contributed by atoms with van der Waals surface area (Å²) >= 11 is 0. The summed E-state index contributed by atoms with van der Waals surface area (Å²) in [6.07, 6.45) is 3.05. The molecule has 0 aromatic heterocycles. The van der Waals surface area contributed by atoms with Crippen LogP contribution in [0.25, 0.3) is 0 Å². The van der Waals surface area contributed by atoms with Gasteiger partial charge in [-0.3, -0.25) is 4.79 Å². The third kappa shape index (κ3) is 2.11. The number of rotatable bonds is 1. The molecule has 5 unspecified atom stereocenters. The van der Waals surface area contributed by atoms with Crippen LogP contribution in [0.4, 0.5) is 0 Å². The SMILES string of the molecule is C=C1C(=O)OC2C1C(OC(C)=O)CC(C)=C1C=CC(C)(O)C12. The smallest absolute Gasteiger partial charge is 0.334 e. The molecule has 0 aromatic carbocycles. The van der Waals surface area contributed by atoms with Gasteiger partial charge in [-0.15, -0.1) is 0 Å². The summed E-state index contributed by atoms with van der Waals surface area (Å²) < 4.78 is 10.9. The van der Waals surface area contributed by atoms with Crippen molar-refractivity contribution in [3.8, 4) is 0 Å². The van der Waals surface area contributed by atoms with Gasteiger partial charge in [-0.05, 0) is 19.4 Å². The summed E-state index contributed by atoms with van der Waals surface area (Å²) in [6.45, 7) is 8.82. The summed E-state index contributed by atoms with van der Waals surface area (Å²) in [4.78, 5) is 23.4. The van der Waals surface area contributed by atoms with E-state index in [0.29, 0.717) is 12.0 Å². The summed E-state index contributed by atoms with van der Waals surface area (Å²) in [7, 11) is 0. The molecule has 0 radical (unpaired) electrons. The molecule has 1 N–H and O–H groups in total. The van der Waals surface area contributed by atoms with Crippen LogP contribution < -0.4 is 0 Å². The number of esters is 2. The zero-order valence-corrected chi connectivity index (χ0v) is 13.0. The van der Waals surface area contributed by atoms with E-state index in [9.17, 15) is 14.7 Å². The highest BCUT2D eigenvalue weighted by Gasteiger charge is 2.56. The second-order valence-corrected chi connectivity index (χ2v) is 6.55. The number of fused-ring (bicyclic) bond motifs is 3. The lowest BCUT2D eigenvalue weighted by atomic mass is 9.78. The number of hydrogen-bond acceptors (Lipinski definition) is 5. The fraction of sp³-hybridized carbons (Fsp3) is 0.529. The molecule has 0 saturated carbocycles. The van der Waals surface area contributed by atoms with Crippen LogP contribution in [-0.2, 0) is 19.1 Å². The lowest BCUT2D eigenvalue weighted by Gasteiger charge is -2.33. The normalized spacial score (nSPS) is 40.2. The second-order valence-electron chi connectivity index (χ2n) is 6.55. The Labute approximate surface area is 129 Å². The van der Waals surface area contributed by atoms with Crippen molar-refractivity contribution in [2.45, 2.75) is 45.0 Å². The van der Waals surface area contributed by atoms with Crippen LogP contribution in [0.15, 0.2) is 35.5 Å². The highest BCUT2D eigenvalue weighted by Crippen LogP contribution is 2.49. The maximum absolute atomic E-state index is 12.0. The molecule has 1 heterocycles. The Morgan fingerprint density at radius 3 is 2.86 bits per heavy atom. The molecular weight excluding hydrogens is 284 g/mol. The van der Waals surface area contributed by atoms with Crippen LogP contribution >= 0.6 is 0 Å². The first-order valence-electron chi connectivity index (χ1n) is 7.40. The molecular formula is C17H20O5. The number of carbonyl (C=O) groups is 2. The quantitative estimate of drug-likeness (QED) is 0.589. The van der Waals surface area contributed by atoms with Gasteiger partial charge in [0.15, 0.2) is 0 Å². The van der Waals surface area contributed by atoms with Gasteiger partial charge in [0.1, 0.15) is 12.2 Å². The minimum absolute atomic E-state index is 0.313. The van der Waals surface area contributed by atoms with Gasteiger partial charge in [0.2, 0.25) is 0 Å². The molecule has 3 rings (SSSR count). The number of ether oxygens (including phenoxy) is 2. The largest absolute Gasteiger partial charge is 0.461 e. The van der Waals surface area contributed by atoms with Crippen molar-refractivity contribution in [1.82, 2.24) is 0 Å². The molecule has 0 aromatic rings. The Morgan fingerprint density at radius 1 is 1.55 bits per heavy atom. The molecule has 22 heavy (non-hydrogen) atoms. The summed E-state index contributed by atoms with van der Waals surface area (Å²) in [5, 5.41) is 10.7. The van der Waals surface area contributed by atoms with Crippen molar-refractivity contribution in [3.05, 3.63) is 35.5 Å². The monoisotopic (exact) mass is 304 g/mol. The molecule has 0 amide bonds. The van der Waals surface area contributed by atoms with E-state index in [0.717, 1.165) is 11.1 Å². The van der Waals surface area contributed by atoms with E-state index < -0.39 is 35.7 Å². The number of carbonyl (C=O) groups excluding carboxylic acids is 2. The van der Waals surface area contributed by atoms with Crippen LogP contribution in [0, 0.1) is 11.8 Å². The van der Waals surface area contributed by atoms with Gasteiger partial charge in [0.05, 0.1) is 17.4 Å². The highest BCUT2D eigenvalue weighted by molar-refractivity contribution is 5.91. The van der Waals surface area contributed by atoms with Crippen molar-refractivity contribution in [1.29, 1.82) is 0 Å². The first-order valence-corrected chi connectivity index (χ1v) is 7.40. The Kier molecular flexibility index (Phi) is 3.29. The molecule has 1 aliphatic heterocycles. The minimum atomic E-state index is -1.10. The van der Waals surface area contributed by atoms with E-state index in [2.05, 4.69) is 6.58 Å². The number of allylic oxidation sites excluding steroid dienone is 1. The molecule has 118 valence electrons. The molecule has 0 bridgehead atoms. The molecule has 1 fully saturated rings. The zero-order valence-electron chi connectivity index (χ0n) is 13.0. The molecule has 5 atom stereocenters. The van der Waals surface area contributed by atoms with Gasteiger partial charge in [-0.25, -0.2) is 4.79 Å². The standard InChI is InChI=1S/C17H20O5/c1-8-7-12(21-10(3)18)13-9(2)16(19)22-15(13)14-11(8)5-6-17(14,4)20/h5-6,12-15,20H,2,7H2,1,3-4H3. The first-order chi connectivity index (χ1) is 10.2. The third-order valence-electron chi connectivity index (χ3n) is 4.87. The number of aliphatic hydroxyl groups is 1. The fourth-order valence-corrected chi connectivity index (χ4v) is 3.89. The molecule has 0 spiro atoms. The van der Waals surface area contributed by atoms with E-state index in [-0.39, 0.29) is 5.92 Å². The molecule has 5 heteroatoms. The van der Waals surface area contributed by atoms with Crippen molar-refractivity contribution in [3.63, 3.8) is 0 Å². The van der Waals surface area contributed by atoms with Crippen molar-refractivity contribution in [2.24, 2.45) is 11.8 Å². The van der Waals surface area contributed by atoms with Crippen molar-refractivity contribution in [2.75, 3.05) is 0 Å².